The topological polar surface area (TPSA) is 94.6 Å². The Kier molecular flexibility index (Phi) is 6.54. The van der Waals surface area contributed by atoms with E-state index in [1.807, 2.05) is 19.1 Å². The second-order valence-corrected chi connectivity index (χ2v) is 6.21. The molecule has 0 spiro atoms. The predicted octanol–water partition coefficient (Wildman–Crippen LogP) is 0.461. The average molecular weight is 334 g/mol. The summed E-state index contributed by atoms with van der Waals surface area (Å²) in [7, 11) is 1.57. The molecule has 1 aromatic rings. The number of nitrogens with zero attached hydrogens (tertiary/aromatic N) is 2. The number of hydrogen-bond donors (Lipinski definition) is 3. The van der Waals surface area contributed by atoms with Crippen molar-refractivity contribution < 1.29 is 14.7 Å². The Morgan fingerprint density at radius 3 is 2.92 bits per heavy atom. The van der Waals surface area contributed by atoms with Crippen LogP contribution < -0.4 is 10.6 Å². The SMILES string of the molecule is CNC(=O)C[C@@H]1CN(C(=O)NCCCc2ncccc2C)C[C@H]1O. The van der Waals surface area contributed by atoms with Crippen molar-refractivity contribution in [1.82, 2.24) is 20.5 Å². The summed E-state index contributed by atoms with van der Waals surface area (Å²) in [5, 5.41) is 15.4. The van der Waals surface area contributed by atoms with E-state index >= 15 is 0 Å². The third kappa shape index (κ3) is 4.92. The largest absolute Gasteiger partial charge is 0.391 e. The fourth-order valence-corrected chi connectivity index (χ4v) is 2.90. The van der Waals surface area contributed by atoms with Crippen LogP contribution >= 0.6 is 0 Å². The van der Waals surface area contributed by atoms with E-state index in [9.17, 15) is 14.7 Å². The van der Waals surface area contributed by atoms with Crippen LogP contribution in [-0.2, 0) is 11.2 Å². The quantitative estimate of drug-likeness (QED) is 0.659. The van der Waals surface area contributed by atoms with Gasteiger partial charge in [-0.15, -0.1) is 0 Å². The summed E-state index contributed by atoms with van der Waals surface area (Å²) in [5.74, 6) is -0.320. The molecule has 7 nitrogen and oxygen atoms in total. The zero-order chi connectivity index (χ0) is 17.5. The zero-order valence-corrected chi connectivity index (χ0v) is 14.3. The molecule has 7 heteroatoms. The Morgan fingerprint density at radius 2 is 2.21 bits per heavy atom. The number of urea groups is 1. The molecule has 0 saturated carbocycles. The van der Waals surface area contributed by atoms with Crippen LogP contribution in [0.3, 0.4) is 0 Å². The third-order valence-corrected chi connectivity index (χ3v) is 4.40. The van der Waals surface area contributed by atoms with Crippen molar-refractivity contribution in [2.45, 2.75) is 32.3 Å². The summed E-state index contributed by atoms with van der Waals surface area (Å²) in [6.45, 7) is 3.26. The monoisotopic (exact) mass is 334 g/mol. The number of carbonyl (C=O) groups excluding carboxylic acids is 2. The minimum absolute atomic E-state index is 0.118. The molecule has 3 amide bonds. The summed E-state index contributed by atoms with van der Waals surface area (Å²) in [6, 6.07) is 3.75. The minimum Gasteiger partial charge on any atom is -0.391 e. The molecule has 0 unspecified atom stereocenters. The summed E-state index contributed by atoms with van der Waals surface area (Å²) in [4.78, 5) is 29.5. The molecule has 1 aliphatic rings. The molecule has 1 aliphatic heterocycles. The number of rotatable bonds is 6. The number of likely N-dealkylation sites (tertiary alicyclic amines) is 1. The van der Waals surface area contributed by atoms with Gasteiger partial charge in [-0.1, -0.05) is 6.07 Å². The molecule has 24 heavy (non-hydrogen) atoms. The van der Waals surface area contributed by atoms with E-state index in [-0.39, 0.29) is 30.8 Å². The molecule has 0 bridgehead atoms. The summed E-state index contributed by atoms with van der Waals surface area (Å²) in [6.07, 6.45) is 2.99. The molecule has 1 aromatic heterocycles. The van der Waals surface area contributed by atoms with Gasteiger partial charge in [0.25, 0.3) is 0 Å². The molecule has 2 atom stereocenters. The van der Waals surface area contributed by atoms with Crippen molar-refractivity contribution in [2.75, 3.05) is 26.7 Å². The van der Waals surface area contributed by atoms with Crippen LogP contribution in [0.4, 0.5) is 4.79 Å². The average Bonchev–Trinajstić information content (AvgIpc) is 2.93. The second kappa shape index (κ2) is 8.63. The van der Waals surface area contributed by atoms with Gasteiger partial charge in [0.15, 0.2) is 0 Å². The van der Waals surface area contributed by atoms with Crippen LogP contribution in [0, 0.1) is 12.8 Å². The number of aliphatic hydroxyl groups excluding tert-OH is 1. The van der Waals surface area contributed by atoms with Gasteiger partial charge in [0, 0.05) is 50.9 Å². The number of aryl methyl sites for hydroxylation is 2. The van der Waals surface area contributed by atoms with Crippen LogP contribution in [0.2, 0.25) is 0 Å². The molecule has 1 fully saturated rings. The van der Waals surface area contributed by atoms with Crippen LogP contribution in [0.15, 0.2) is 18.3 Å². The Bertz CT molecular complexity index is 579. The van der Waals surface area contributed by atoms with Crippen LogP contribution in [-0.4, -0.2) is 59.7 Å². The Morgan fingerprint density at radius 1 is 1.42 bits per heavy atom. The predicted molar refractivity (Wildman–Crippen MR) is 90.4 cm³/mol. The van der Waals surface area contributed by atoms with E-state index in [4.69, 9.17) is 0 Å². The highest BCUT2D eigenvalue weighted by molar-refractivity contribution is 5.77. The molecule has 3 N–H and O–H groups in total. The lowest BCUT2D eigenvalue weighted by Gasteiger charge is -2.17. The van der Waals surface area contributed by atoms with Gasteiger partial charge in [-0.05, 0) is 31.4 Å². The van der Waals surface area contributed by atoms with Gasteiger partial charge in [-0.25, -0.2) is 4.79 Å². The lowest BCUT2D eigenvalue weighted by Crippen LogP contribution is -2.39. The van der Waals surface area contributed by atoms with Crippen molar-refractivity contribution in [3.63, 3.8) is 0 Å². The first kappa shape index (κ1) is 18.2. The zero-order valence-electron chi connectivity index (χ0n) is 14.3. The Hall–Kier alpha value is -2.15. The van der Waals surface area contributed by atoms with E-state index in [0.29, 0.717) is 13.1 Å². The highest BCUT2D eigenvalue weighted by atomic mass is 16.3. The summed E-state index contributed by atoms with van der Waals surface area (Å²) < 4.78 is 0. The lowest BCUT2D eigenvalue weighted by molar-refractivity contribution is -0.122. The van der Waals surface area contributed by atoms with Gasteiger partial charge in [0.1, 0.15) is 0 Å². The van der Waals surface area contributed by atoms with Gasteiger partial charge < -0.3 is 20.6 Å². The number of carbonyl (C=O) groups is 2. The second-order valence-electron chi connectivity index (χ2n) is 6.21. The van der Waals surface area contributed by atoms with Crippen LogP contribution in [0.1, 0.15) is 24.1 Å². The fraction of sp³-hybridized carbons (Fsp3) is 0.588. The summed E-state index contributed by atoms with van der Waals surface area (Å²) in [5.41, 5.74) is 2.21. The lowest BCUT2D eigenvalue weighted by atomic mass is 10.0. The van der Waals surface area contributed by atoms with E-state index in [1.165, 1.54) is 0 Å². The van der Waals surface area contributed by atoms with Crippen LogP contribution in [0.25, 0.3) is 0 Å². The molecule has 0 aliphatic carbocycles. The van der Waals surface area contributed by atoms with Crippen LogP contribution in [0.5, 0.6) is 0 Å². The molecule has 0 radical (unpaired) electrons. The van der Waals surface area contributed by atoms with Crippen molar-refractivity contribution in [1.29, 1.82) is 0 Å². The molecular weight excluding hydrogens is 308 g/mol. The Balaban J connectivity index is 1.71. The normalized spacial score (nSPS) is 20.0. The van der Waals surface area contributed by atoms with E-state index in [0.717, 1.165) is 24.1 Å². The first-order valence-corrected chi connectivity index (χ1v) is 8.33. The smallest absolute Gasteiger partial charge is 0.317 e. The van der Waals surface area contributed by atoms with Gasteiger partial charge >= 0.3 is 6.03 Å². The van der Waals surface area contributed by atoms with Gasteiger partial charge in [-0.2, -0.15) is 0 Å². The molecule has 132 valence electrons. The summed E-state index contributed by atoms with van der Waals surface area (Å²) >= 11 is 0. The van der Waals surface area contributed by atoms with E-state index < -0.39 is 6.10 Å². The van der Waals surface area contributed by atoms with E-state index in [2.05, 4.69) is 15.6 Å². The first-order chi connectivity index (χ1) is 11.5. The van der Waals surface area contributed by atoms with Gasteiger partial charge in [0.2, 0.25) is 5.91 Å². The number of hydrogen-bond acceptors (Lipinski definition) is 4. The highest BCUT2D eigenvalue weighted by Crippen LogP contribution is 2.20. The van der Waals surface area contributed by atoms with Gasteiger partial charge in [-0.3, -0.25) is 9.78 Å². The number of amides is 3. The maximum atomic E-state index is 12.2. The van der Waals surface area contributed by atoms with Gasteiger partial charge in [0.05, 0.1) is 6.10 Å². The number of aliphatic hydroxyl groups is 1. The third-order valence-electron chi connectivity index (χ3n) is 4.40. The number of pyridine rings is 1. The first-order valence-electron chi connectivity index (χ1n) is 8.33. The Labute approximate surface area is 142 Å². The molecular formula is C17H26N4O3. The van der Waals surface area contributed by atoms with Crippen molar-refractivity contribution >= 4 is 11.9 Å². The van der Waals surface area contributed by atoms with Crippen molar-refractivity contribution in [2.24, 2.45) is 5.92 Å². The molecule has 0 aromatic carbocycles. The maximum absolute atomic E-state index is 12.2. The maximum Gasteiger partial charge on any atom is 0.317 e. The number of nitrogens with one attached hydrogen (secondary N) is 2. The number of aromatic nitrogens is 1. The van der Waals surface area contributed by atoms with E-state index in [1.54, 1.807) is 18.1 Å². The van der Waals surface area contributed by atoms with Crippen molar-refractivity contribution in [3.05, 3.63) is 29.6 Å². The molecule has 1 saturated heterocycles. The van der Waals surface area contributed by atoms with Crippen molar-refractivity contribution in [3.8, 4) is 0 Å². The standard InChI is InChI=1S/C17H26N4O3/c1-12-5-3-7-19-14(12)6-4-8-20-17(24)21-10-13(15(22)11-21)9-16(23)18-2/h3,5,7,13,15,22H,4,6,8-11H2,1-2H3,(H,18,23)(H,20,24)/t13-,15-/m1/s1. The fourth-order valence-electron chi connectivity index (χ4n) is 2.90. The number of β-amino-alcohol motifs (C(OH)–C–C–N with tert-alkyl or cyclic N) is 1. The minimum atomic E-state index is -0.649. The highest BCUT2D eigenvalue weighted by Gasteiger charge is 2.34. The molecule has 2 rings (SSSR count). The molecule has 2 heterocycles.